The number of hydrogen-bond donors (Lipinski definition) is 1. The maximum Gasteiger partial charge on any atom is 0.175 e. The van der Waals surface area contributed by atoms with E-state index in [0.29, 0.717) is 5.69 Å². The number of aryl methyl sites for hydroxylation is 1. The number of rotatable bonds is 3. The first-order valence-corrected chi connectivity index (χ1v) is 8.00. The van der Waals surface area contributed by atoms with Gasteiger partial charge < -0.3 is 5.73 Å². The van der Waals surface area contributed by atoms with Crippen LogP contribution in [-0.4, -0.2) is 14.7 Å². The van der Waals surface area contributed by atoms with E-state index in [2.05, 4.69) is 19.1 Å². The number of hydrogen-bond acceptors (Lipinski definition) is 3. The zero-order chi connectivity index (χ0) is 14.0. The van der Waals surface area contributed by atoms with E-state index in [0.717, 1.165) is 17.5 Å². The number of benzene rings is 2. The first-order chi connectivity index (χ1) is 8.91. The Kier molecular flexibility index (Phi) is 3.62. The third kappa shape index (κ3) is 2.96. The highest BCUT2D eigenvalue weighted by Gasteiger charge is 2.10. The average Bonchev–Trinajstić information content (AvgIpc) is 2.37. The van der Waals surface area contributed by atoms with E-state index >= 15 is 0 Å². The van der Waals surface area contributed by atoms with Crippen molar-refractivity contribution >= 4 is 15.5 Å². The molecule has 19 heavy (non-hydrogen) atoms. The van der Waals surface area contributed by atoms with E-state index in [-0.39, 0.29) is 4.90 Å². The first-order valence-electron chi connectivity index (χ1n) is 6.10. The van der Waals surface area contributed by atoms with Gasteiger partial charge in [0.1, 0.15) is 0 Å². The summed E-state index contributed by atoms with van der Waals surface area (Å²) in [5.74, 6) is 0. The van der Waals surface area contributed by atoms with E-state index in [1.807, 2.05) is 12.1 Å². The molecule has 0 saturated heterocycles. The van der Waals surface area contributed by atoms with Crippen molar-refractivity contribution < 1.29 is 8.42 Å². The molecule has 0 fully saturated rings. The molecule has 2 rings (SSSR count). The van der Waals surface area contributed by atoms with Gasteiger partial charge in [-0.1, -0.05) is 37.3 Å². The second-order valence-corrected chi connectivity index (χ2v) is 6.59. The summed E-state index contributed by atoms with van der Waals surface area (Å²) >= 11 is 0. The van der Waals surface area contributed by atoms with Crippen molar-refractivity contribution in [2.45, 2.75) is 18.2 Å². The second-order valence-electron chi connectivity index (χ2n) is 4.58. The van der Waals surface area contributed by atoms with Crippen LogP contribution in [-0.2, 0) is 16.3 Å². The highest BCUT2D eigenvalue weighted by molar-refractivity contribution is 7.90. The van der Waals surface area contributed by atoms with Gasteiger partial charge in [0.15, 0.2) is 9.84 Å². The quantitative estimate of drug-likeness (QED) is 0.876. The van der Waals surface area contributed by atoms with Crippen molar-refractivity contribution in [3.63, 3.8) is 0 Å². The van der Waals surface area contributed by atoms with Gasteiger partial charge in [-0.15, -0.1) is 0 Å². The number of nitrogen functional groups attached to an aromatic ring is 1. The molecule has 0 aliphatic heterocycles. The van der Waals surface area contributed by atoms with Crippen LogP contribution in [0.4, 0.5) is 5.69 Å². The molecular formula is C15H17NO2S. The summed E-state index contributed by atoms with van der Waals surface area (Å²) in [6, 6.07) is 13.0. The van der Waals surface area contributed by atoms with Crippen molar-refractivity contribution in [1.82, 2.24) is 0 Å². The van der Waals surface area contributed by atoms with Crippen LogP contribution in [0.1, 0.15) is 12.5 Å². The third-order valence-corrected chi connectivity index (χ3v) is 4.21. The molecule has 100 valence electrons. The molecule has 3 nitrogen and oxygen atoms in total. The Labute approximate surface area is 114 Å². The van der Waals surface area contributed by atoms with Crippen molar-refractivity contribution in [1.29, 1.82) is 0 Å². The second kappa shape index (κ2) is 5.05. The molecule has 0 radical (unpaired) electrons. The van der Waals surface area contributed by atoms with E-state index in [1.54, 1.807) is 12.1 Å². The SMILES string of the molecule is CCc1cccc(-c2ccc(S(C)(=O)=O)cc2N)c1. The van der Waals surface area contributed by atoms with Crippen LogP contribution in [0.3, 0.4) is 0 Å². The number of anilines is 1. The minimum absolute atomic E-state index is 0.250. The maximum atomic E-state index is 11.5. The normalized spacial score (nSPS) is 11.5. The number of sulfone groups is 1. The molecule has 0 aliphatic carbocycles. The molecule has 0 atom stereocenters. The standard InChI is InChI=1S/C15H17NO2S/c1-3-11-5-4-6-12(9-11)14-8-7-13(10-15(14)16)19(2,17)18/h4-10H,3,16H2,1-2H3. The molecule has 0 aliphatic rings. The lowest BCUT2D eigenvalue weighted by Crippen LogP contribution is -1.99. The Morgan fingerprint density at radius 1 is 1.11 bits per heavy atom. The van der Waals surface area contributed by atoms with E-state index in [1.165, 1.54) is 17.9 Å². The molecule has 4 heteroatoms. The van der Waals surface area contributed by atoms with Gasteiger partial charge in [0, 0.05) is 17.5 Å². The molecule has 0 bridgehead atoms. The summed E-state index contributed by atoms with van der Waals surface area (Å²) in [5, 5.41) is 0. The van der Waals surface area contributed by atoms with Gasteiger partial charge in [0.05, 0.1) is 4.90 Å². The highest BCUT2D eigenvalue weighted by atomic mass is 32.2. The molecule has 2 aromatic rings. The summed E-state index contributed by atoms with van der Waals surface area (Å²) in [4.78, 5) is 0.250. The average molecular weight is 275 g/mol. The topological polar surface area (TPSA) is 60.2 Å². The minimum atomic E-state index is -3.22. The van der Waals surface area contributed by atoms with Gasteiger partial charge >= 0.3 is 0 Å². The molecule has 0 heterocycles. The van der Waals surface area contributed by atoms with Crippen molar-refractivity contribution in [2.75, 3.05) is 12.0 Å². The van der Waals surface area contributed by atoms with Gasteiger partial charge in [0.2, 0.25) is 0 Å². The summed E-state index contributed by atoms with van der Waals surface area (Å²) in [7, 11) is -3.22. The Balaban J connectivity index is 2.52. The predicted molar refractivity (Wildman–Crippen MR) is 78.8 cm³/mol. The Bertz CT molecular complexity index is 706. The Morgan fingerprint density at radius 3 is 2.42 bits per heavy atom. The summed E-state index contributed by atoms with van der Waals surface area (Å²) in [5.41, 5.74) is 9.56. The summed E-state index contributed by atoms with van der Waals surface area (Å²) < 4.78 is 23.0. The first kappa shape index (κ1) is 13.6. The summed E-state index contributed by atoms with van der Waals surface area (Å²) in [6.45, 7) is 2.09. The Hall–Kier alpha value is -1.81. The van der Waals surface area contributed by atoms with E-state index in [9.17, 15) is 8.42 Å². The zero-order valence-electron chi connectivity index (χ0n) is 11.1. The van der Waals surface area contributed by atoms with Crippen LogP contribution in [0.25, 0.3) is 11.1 Å². The Morgan fingerprint density at radius 2 is 1.84 bits per heavy atom. The zero-order valence-corrected chi connectivity index (χ0v) is 11.9. The highest BCUT2D eigenvalue weighted by Crippen LogP contribution is 2.28. The molecule has 0 saturated carbocycles. The molecular weight excluding hydrogens is 258 g/mol. The maximum absolute atomic E-state index is 11.5. The lowest BCUT2D eigenvalue weighted by atomic mass is 10.0. The van der Waals surface area contributed by atoms with Crippen LogP contribution < -0.4 is 5.73 Å². The lowest BCUT2D eigenvalue weighted by Gasteiger charge is -2.09. The molecule has 0 aromatic heterocycles. The van der Waals surface area contributed by atoms with Gasteiger partial charge in [-0.05, 0) is 29.7 Å². The lowest BCUT2D eigenvalue weighted by molar-refractivity contribution is 0.602. The molecule has 0 amide bonds. The van der Waals surface area contributed by atoms with Gasteiger partial charge in [0.25, 0.3) is 0 Å². The monoisotopic (exact) mass is 275 g/mol. The summed E-state index contributed by atoms with van der Waals surface area (Å²) in [6.07, 6.45) is 2.13. The van der Waals surface area contributed by atoms with Crippen LogP contribution in [0.15, 0.2) is 47.4 Å². The van der Waals surface area contributed by atoms with Crippen molar-refractivity contribution in [3.05, 3.63) is 48.0 Å². The van der Waals surface area contributed by atoms with Crippen molar-refractivity contribution in [3.8, 4) is 11.1 Å². The molecule has 2 N–H and O–H groups in total. The van der Waals surface area contributed by atoms with Crippen LogP contribution in [0.5, 0.6) is 0 Å². The molecule has 0 spiro atoms. The minimum Gasteiger partial charge on any atom is -0.398 e. The van der Waals surface area contributed by atoms with Gasteiger partial charge in [-0.3, -0.25) is 0 Å². The fourth-order valence-electron chi connectivity index (χ4n) is 1.99. The third-order valence-electron chi connectivity index (χ3n) is 3.10. The smallest absolute Gasteiger partial charge is 0.175 e. The van der Waals surface area contributed by atoms with Crippen LogP contribution in [0, 0.1) is 0 Å². The van der Waals surface area contributed by atoms with Crippen LogP contribution >= 0.6 is 0 Å². The van der Waals surface area contributed by atoms with Crippen molar-refractivity contribution in [2.24, 2.45) is 0 Å². The van der Waals surface area contributed by atoms with Crippen LogP contribution in [0.2, 0.25) is 0 Å². The molecule has 2 aromatic carbocycles. The fourth-order valence-corrected chi connectivity index (χ4v) is 2.65. The van der Waals surface area contributed by atoms with Gasteiger partial charge in [-0.25, -0.2) is 8.42 Å². The molecule has 0 unspecified atom stereocenters. The largest absolute Gasteiger partial charge is 0.398 e. The van der Waals surface area contributed by atoms with Gasteiger partial charge in [-0.2, -0.15) is 0 Å². The van der Waals surface area contributed by atoms with E-state index < -0.39 is 9.84 Å². The fraction of sp³-hybridized carbons (Fsp3) is 0.200. The van der Waals surface area contributed by atoms with E-state index in [4.69, 9.17) is 5.73 Å². The number of nitrogens with two attached hydrogens (primary N) is 1. The predicted octanol–water partition coefficient (Wildman–Crippen LogP) is 2.90.